The van der Waals surface area contributed by atoms with Crippen LogP contribution in [-0.4, -0.2) is 39.5 Å². The van der Waals surface area contributed by atoms with E-state index >= 15 is 0 Å². The highest BCUT2D eigenvalue weighted by atomic mass is 35.5. The molecule has 4 aromatic rings. The monoisotopic (exact) mass is 537 g/mol. The zero-order valence-electron chi connectivity index (χ0n) is 19.8. The van der Waals surface area contributed by atoms with Gasteiger partial charge in [0.25, 0.3) is 0 Å². The van der Waals surface area contributed by atoms with Gasteiger partial charge in [-0.2, -0.15) is 0 Å². The Morgan fingerprint density at radius 3 is 2.49 bits per heavy atom. The van der Waals surface area contributed by atoms with Crippen LogP contribution in [-0.2, 0) is 11.2 Å². The van der Waals surface area contributed by atoms with E-state index in [0.29, 0.717) is 41.7 Å². The van der Waals surface area contributed by atoms with Gasteiger partial charge in [-0.05, 0) is 48.2 Å². The molecule has 0 radical (unpaired) electrons. The van der Waals surface area contributed by atoms with Crippen LogP contribution in [0.1, 0.15) is 24.4 Å². The van der Waals surface area contributed by atoms with Gasteiger partial charge in [-0.25, -0.2) is 9.59 Å². The minimum Gasteiger partial charge on any atom is -0.369 e. The lowest BCUT2D eigenvalue weighted by Crippen LogP contribution is -2.42. The fourth-order valence-electron chi connectivity index (χ4n) is 4.91. The van der Waals surface area contributed by atoms with E-state index in [-0.39, 0.29) is 24.2 Å². The maximum Gasteiger partial charge on any atom is 0.326 e. The van der Waals surface area contributed by atoms with Crippen molar-refractivity contribution < 1.29 is 9.59 Å². The number of imidazole rings is 1. The van der Waals surface area contributed by atoms with Crippen LogP contribution in [0.2, 0.25) is 10.0 Å². The zero-order valence-corrected chi connectivity index (χ0v) is 21.4. The number of amides is 3. The number of hydrogen-bond donors (Lipinski definition) is 3. The Bertz CT molecular complexity index is 1550. The van der Waals surface area contributed by atoms with E-state index < -0.39 is 5.91 Å². The summed E-state index contributed by atoms with van der Waals surface area (Å²) < 4.78 is 1.79. The molecule has 1 aliphatic rings. The largest absolute Gasteiger partial charge is 0.369 e. The number of carbonyl (C=O) groups is 2. The Balaban J connectivity index is 1.34. The zero-order chi connectivity index (χ0) is 26.1. The molecular weight excluding hydrogens is 513 g/mol. The molecule has 1 saturated heterocycles. The van der Waals surface area contributed by atoms with Crippen molar-refractivity contribution in [1.82, 2.24) is 14.5 Å². The Labute approximate surface area is 223 Å². The first-order valence-corrected chi connectivity index (χ1v) is 12.7. The van der Waals surface area contributed by atoms with Crippen LogP contribution in [0, 0.1) is 0 Å². The predicted octanol–water partition coefficient (Wildman–Crippen LogP) is 5.20. The van der Waals surface area contributed by atoms with Crippen molar-refractivity contribution in [3.05, 3.63) is 86.8 Å². The maximum atomic E-state index is 13.1. The second-order valence-corrected chi connectivity index (χ2v) is 9.93. The SMILES string of the molecule is NC(=O)Cc1cccc(-c2cccc3c2[nH]c(=O)n3C2CCN(C(=O)Nc3ccc(Cl)c(Cl)c3)CC2)c1. The number of H-pyrrole nitrogens is 1. The Kier molecular flexibility index (Phi) is 6.95. The van der Waals surface area contributed by atoms with Gasteiger partial charge >= 0.3 is 11.7 Å². The molecule has 2 heterocycles. The summed E-state index contributed by atoms with van der Waals surface area (Å²) in [5.41, 5.74) is 9.87. The minimum atomic E-state index is -0.396. The Morgan fingerprint density at radius 2 is 1.76 bits per heavy atom. The van der Waals surface area contributed by atoms with Gasteiger partial charge in [0.15, 0.2) is 0 Å². The highest BCUT2D eigenvalue weighted by Crippen LogP contribution is 2.31. The summed E-state index contributed by atoms with van der Waals surface area (Å²) in [4.78, 5) is 42.0. The van der Waals surface area contributed by atoms with E-state index in [1.165, 1.54) is 0 Å². The summed E-state index contributed by atoms with van der Waals surface area (Å²) in [6.07, 6.45) is 1.43. The van der Waals surface area contributed by atoms with Gasteiger partial charge in [-0.1, -0.05) is 59.6 Å². The van der Waals surface area contributed by atoms with Crippen molar-refractivity contribution in [1.29, 1.82) is 0 Å². The number of likely N-dealkylation sites (tertiary alicyclic amines) is 1. The molecule has 0 saturated carbocycles. The van der Waals surface area contributed by atoms with Gasteiger partial charge in [0.05, 0.1) is 27.5 Å². The van der Waals surface area contributed by atoms with Crippen LogP contribution < -0.4 is 16.7 Å². The highest BCUT2D eigenvalue weighted by Gasteiger charge is 2.27. The normalized spacial score (nSPS) is 14.2. The molecule has 37 heavy (non-hydrogen) atoms. The second-order valence-electron chi connectivity index (χ2n) is 9.12. The van der Waals surface area contributed by atoms with Gasteiger partial charge in [-0.15, -0.1) is 0 Å². The molecule has 0 spiro atoms. The number of carbonyl (C=O) groups excluding carboxylic acids is 2. The number of piperidine rings is 1. The number of anilines is 1. The summed E-state index contributed by atoms with van der Waals surface area (Å²) in [7, 11) is 0. The van der Waals surface area contributed by atoms with Crippen LogP contribution in [0.5, 0.6) is 0 Å². The lowest BCUT2D eigenvalue weighted by Gasteiger charge is -2.32. The number of nitrogens with zero attached hydrogens (tertiary/aromatic N) is 2. The van der Waals surface area contributed by atoms with Crippen molar-refractivity contribution in [2.75, 3.05) is 18.4 Å². The fourth-order valence-corrected chi connectivity index (χ4v) is 5.20. The molecule has 0 aliphatic carbocycles. The van der Waals surface area contributed by atoms with Gasteiger partial charge in [-0.3, -0.25) is 9.36 Å². The van der Waals surface area contributed by atoms with Gasteiger partial charge in [0.1, 0.15) is 0 Å². The lowest BCUT2D eigenvalue weighted by atomic mass is 10.00. The molecule has 8 nitrogen and oxygen atoms in total. The van der Waals surface area contributed by atoms with Crippen molar-refractivity contribution >= 4 is 51.9 Å². The predicted molar refractivity (Wildman–Crippen MR) is 146 cm³/mol. The van der Waals surface area contributed by atoms with E-state index in [9.17, 15) is 14.4 Å². The van der Waals surface area contributed by atoms with E-state index in [4.69, 9.17) is 28.9 Å². The van der Waals surface area contributed by atoms with Gasteiger partial charge in [0.2, 0.25) is 5.91 Å². The first-order valence-electron chi connectivity index (χ1n) is 11.9. The Morgan fingerprint density at radius 1 is 1.00 bits per heavy atom. The van der Waals surface area contributed by atoms with Crippen LogP contribution >= 0.6 is 23.2 Å². The number of primary amides is 1. The highest BCUT2D eigenvalue weighted by molar-refractivity contribution is 6.42. The fraction of sp³-hybridized carbons (Fsp3) is 0.222. The minimum absolute atomic E-state index is 0.0493. The first-order chi connectivity index (χ1) is 17.8. The first kappa shape index (κ1) is 24.9. The Hall–Kier alpha value is -3.75. The number of urea groups is 1. The number of aromatic amines is 1. The molecule has 3 aromatic carbocycles. The number of para-hydroxylation sites is 1. The number of fused-ring (bicyclic) bond motifs is 1. The molecule has 0 unspecified atom stereocenters. The lowest BCUT2D eigenvalue weighted by molar-refractivity contribution is -0.117. The second kappa shape index (κ2) is 10.3. The van der Waals surface area contributed by atoms with Crippen molar-refractivity contribution in [3.8, 4) is 11.1 Å². The van der Waals surface area contributed by atoms with Crippen molar-refractivity contribution in [3.63, 3.8) is 0 Å². The third kappa shape index (κ3) is 5.21. The number of nitrogens with one attached hydrogen (secondary N) is 2. The molecule has 1 fully saturated rings. The van der Waals surface area contributed by atoms with Crippen LogP contribution in [0.3, 0.4) is 0 Å². The van der Waals surface area contributed by atoms with Crippen molar-refractivity contribution in [2.45, 2.75) is 25.3 Å². The molecular formula is C27H25Cl2N5O3. The number of aromatic nitrogens is 2. The van der Waals surface area contributed by atoms with Crippen molar-refractivity contribution in [2.24, 2.45) is 5.73 Å². The molecule has 0 bridgehead atoms. The molecule has 3 amide bonds. The average Bonchev–Trinajstić information content (AvgIpc) is 3.22. The molecule has 0 atom stereocenters. The molecule has 1 aliphatic heterocycles. The number of halogens is 2. The average molecular weight is 538 g/mol. The van der Waals surface area contributed by atoms with Crippen LogP contribution in [0.25, 0.3) is 22.2 Å². The standard InChI is InChI=1S/C27H25Cl2N5O3/c28-21-8-7-18(15-22(21)29)31-26(36)33-11-9-19(10-12-33)34-23-6-2-5-20(25(23)32-27(34)37)17-4-1-3-16(13-17)14-24(30)35/h1-8,13,15,19H,9-12,14H2,(H2,30,35)(H,31,36)(H,32,37). The van der Waals surface area contributed by atoms with Gasteiger partial charge in [0, 0.05) is 30.4 Å². The van der Waals surface area contributed by atoms with Gasteiger partial charge < -0.3 is 20.9 Å². The van der Waals surface area contributed by atoms with Crippen LogP contribution in [0.15, 0.2) is 65.5 Å². The van der Waals surface area contributed by atoms with E-state index in [1.54, 1.807) is 27.7 Å². The summed E-state index contributed by atoms with van der Waals surface area (Å²) in [6, 6.07) is 18.1. The number of rotatable bonds is 5. The smallest absolute Gasteiger partial charge is 0.326 e. The summed E-state index contributed by atoms with van der Waals surface area (Å²) in [5, 5.41) is 3.65. The maximum absolute atomic E-state index is 13.1. The summed E-state index contributed by atoms with van der Waals surface area (Å²) in [5.74, 6) is -0.396. The third-order valence-electron chi connectivity index (χ3n) is 6.66. The quantitative estimate of drug-likeness (QED) is 0.325. The number of benzene rings is 3. The van der Waals surface area contributed by atoms with Crippen LogP contribution in [0.4, 0.5) is 10.5 Å². The summed E-state index contributed by atoms with van der Waals surface area (Å²) >= 11 is 12.0. The summed E-state index contributed by atoms with van der Waals surface area (Å²) in [6.45, 7) is 1.01. The number of hydrogen-bond acceptors (Lipinski definition) is 3. The molecule has 4 N–H and O–H groups in total. The van der Waals surface area contributed by atoms with E-state index in [1.807, 2.05) is 42.5 Å². The van der Waals surface area contributed by atoms with E-state index in [0.717, 1.165) is 27.7 Å². The van der Waals surface area contributed by atoms with E-state index in [2.05, 4.69) is 10.3 Å². The molecule has 10 heteroatoms. The third-order valence-corrected chi connectivity index (χ3v) is 7.40. The molecule has 190 valence electrons. The molecule has 5 rings (SSSR count). The topological polar surface area (TPSA) is 113 Å². The molecule has 1 aromatic heterocycles. The number of nitrogens with two attached hydrogens (primary N) is 1.